The van der Waals surface area contributed by atoms with Gasteiger partial charge in [-0.15, -0.1) is 0 Å². The molecule has 0 bridgehead atoms. The summed E-state index contributed by atoms with van der Waals surface area (Å²) in [5, 5.41) is 3.29. The quantitative estimate of drug-likeness (QED) is 0.764. The number of nitrogens with one attached hydrogen (secondary N) is 1. The number of hydrogen-bond donors (Lipinski definition) is 1. The number of nitrogens with zero attached hydrogens (tertiary/aromatic N) is 2. The first kappa shape index (κ1) is 13.3. The Labute approximate surface area is 99.4 Å². The van der Waals surface area contributed by atoms with Crippen LogP contribution in [0.1, 0.15) is 32.5 Å². The van der Waals surface area contributed by atoms with Crippen LogP contribution in [-0.2, 0) is 6.54 Å². The van der Waals surface area contributed by atoms with E-state index in [-0.39, 0.29) is 0 Å². The van der Waals surface area contributed by atoms with Crippen molar-refractivity contribution in [3.8, 4) is 0 Å². The van der Waals surface area contributed by atoms with E-state index < -0.39 is 0 Å². The predicted octanol–water partition coefficient (Wildman–Crippen LogP) is 2.11. The van der Waals surface area contributed by atoms with Gasteiger partial charge in [-0.2, -0.15) is 0 Å². The van der Waals surface area contributed by atoms with Gasteiger partial charge in [0.05, 0.1) is 0 Å². The van der Waals surface area contributed by atoms with Crippen LogP contribution < -0.4 is 5.32 Å². The van der Waals surface area contributed by atoms with Crippen LogP contribution in [-0.4, -0.2) is 36.1 Å². The third-order valence-corrected chi connectivity index (χ3v) is 3.29. The Balaban J connectivity index is 2.56. The first-order valence-corrected chi connectivity index (χ1v) is 6.27. The molecule has 0 radical (unpaired) electrons. The van der Waals surface area contributed by atoms with Crippen molar-refractivity contribution in [2.75, 3.05) is 26.7 Å². The van der Waals surface area contributed by atoms with Crippen LogP contribution in [0.5, 0.6) is 0 Å². The zero-order valence-electron chi connectivity index (χ0n) is 11.0. The number of likely N-dealkylation sites (N-methyl/N-ethyl adjacent to an activating group) is 1. The third kappa shape index (κ3) is 3.35. The molecule has 0 aliphatic rings. The van der Waals surface area contributed by atoms with Crippen LogP contribution >= 0.6 is 0 Å². The fraction of sp³-hybridized carbons (Fsp3) is 0.692. The van der Waals surface area contributed by atoms with Crippen LogP contribution in [0.15, 0.2) is 18.3 Å². The number of aromatic nitrogens is 1. The molecule has 0 aliphatic carbocycles. The van der Waals surface area contributed by atoms with E-state index >= 15 is 0 Å². The van der Waals surface area contributed by atoms with Gasteiger partial charge in [-0.25, -0.2) is 0 Å². The van der Waals surface area contributed by atoms with Crippen LogP contribution in [0.25, 0.3) is 0 Å². The van der Waals surface area contributed by atoms with Gasteiger partial charge in [0.25, 0.3) is 0 Å². The van der Waals surface area contributed by atoms with E-state index in [4.69, 9.17) is 0 Å². The van der Waals surface area contributed by atoms with Crippen LogP contribution in [0.4, 0.5) is 0 Å². The van der Waals surface area contributed by atoms with Crippen molar-refractivity contribution in [3.05, 3.63) is 24.0 Å². The first-order chi connectivity index (χ1) is 7.72. The molecule has 16 heavy (non-hydrogen) atoms. The van der Waals surface area contributed by atoms with Gasteiger partial charge in [0, 0.05) is 31.0 Å². The minimum absolute atomic E-state index is 0.423. The maximum absolute atomic E-state index is 3.29. The lowest BCUT2D eigenvalue weighted by Gasteiger charge is -2.20. The molecule has 0 aromatic carbocycles. The fourth-order valence-electron chi connectivity index (χ4n) is 1.96. The maximum Gasteiger partial charge on any atom is 0.0443 e. The molecule has 3 nitrogen and oxygen atoms in total. The van der Waals surface area contributed by atoms with Crippen molar-refractivity contribution in [3.63, 3.8) is 0 Å². The summed E-state index contributed by atoms with van der Waals surface area (Å²) >= 11 is 0. The summed E-state index contributed by atoms with van der Waals surface area (Å²) in [5.41, 5.74) is 1.37. The van der Waals surface area contributed by atoms with Crippen molar-refractivity contribution in [1.82, 2.24) is 14.8 Å². The normalized spacial score (nSPS) is 13.3. The molecule has 1 N–H and O–H groups in total. The number of rotatable bonds is 7. The minimum atomic E-state index is 0.423. The van der Waals surface area contributed by atoms with E-state index in [1.54, 1.807) is 0 Å². The van der Waals surface area contributed by atoms with E-state index in [2.05, 4.69) is 53.9 Å². The van der Waals surface area contributed by atoms with Gasteiger partial charge < -0.3 is 14.8 Å². The van der Waals surface area contributed by atoms with Crippen LogP contribution in [0.2, 0.25) is 0 Å². The lowest BCUT2D eigenvalue weighted by atomic mass is 10.2. The fourth-order valence-corrected chi connectivity index (χ4v) is 1.96. The Hall–Kier alpha value is -0.800. The molecule has 0 spiro atoms. The van der Waals surface area contributed by atoms with Crippen molar-refractivity contribution >= 4 is 0 Å². The van der Waals surface area contributed by atoms with Gasteiger partial charge in [-0.1, -0.05) is 13.8 Å². The zero-order valence-corrected chi connectivity index (χ0v) is 11.0. The van der Waals surface area contributed by atoms with Gasteiger partial charge in [0.1, 0.15) is 0 Å². The zero-order chi connectivity index (χ0) is 12.0. The monoisotopic (exact) mass is 223 g/mol. The van der Waals surface area contributed by atoms with E-state index in [0.29, 0.717) is 6.04 Å². The topological polar surface area (TPSA) is 20.2 Å². The largest absolute Gasteiger partial charge is 0.349 e. The molecule has 0 saturated heterocycles. The highest BCUT2D eigenvalue weighted by Crippen LogP contribution is 2.12. The van der Waals surface area contributed by atoms with Crippen molar-refractivity contribution < 1.29 is 0 Å². The van der Waals surface area contributed by atoms with Crippen molar-refractivity contribution in [2.45, 2.75) is 33.4 Å². The van der Waals surface area contributed by atoms with Crippen molar-refractivity contribution in [1.29, 1.82) is 0 Å². The second kappa shape index (κ2) is 6.71. The Morgan fingerprint density at radius 1 is 1.38 bits per heavy atom. The molecule has 0 aliphatic heterocycles. The molecule has 0 amide bonds. The van der Waals surface area contributed by atoms with Crippen molar-refractivity contribution in [2.24, 2.45) is 0 Å². The summed E-state index contributed by atoms with van der Waals surface area (Å²) in [7, 11) is 2.01. The van der Waals surface area contributed by atoms with Crippen LogP contribution in [0.3, 0.4) is 0 Å². The molecule has 1 rings (SSSR count). The van der Waals surface area contributed by atoms with Gasteiger partial charge in [-0.05, 0) is 39.2 Å². The second-order valence-corrected chi connectivity index (χ2v) is 4.16. The highest BCUT2D eigenvalue weighted by atomic mass is 15.1. The Bertz CT molecular complexity index is 289. The molecule has 92 valence electrons. The molecule has 1 atom stereocenters. The highest BCUT2D eigenvalue weighted by Gasteiger charge is 2.08. The summed E-state index contributed by atoms with van der Waals surface area (Å²) in [6.45, 7) is 11.1. The first-order valence-electron chi connectivity index (χ1n) is 6.27. The Morgan fingerprint density at radius 3 is 2.62 bits per heavy atom. The molecule has 1 aromatic rings. The standard InChI is InChI=1S/C13H25N3/c1-5-15(6-2)10-11-16-9-7-8-13(16)12(3)14-4/h7-9,12,14H,5-6,10-11H2,1-4H3. The minimum Gasteiger partial charge on any atom is -0.349 e. The smallest absolute Gasteiger partial charge is 0.0443 e. The van der Waals surface area contributed by atoms with E-state index in [1.165, 1.54) is 5.69 Å². The molecule has 0 fully saturated rings. The summed E-state index contributed by atoms with van der Waals surface area (Å²) in [4.78, 5) is 2.45. The summed E-state index contributed by atoms with van der Waals surface area (Å²) in [6.07, 6.45) is 2.17. The second-order valence-electron chi connectivity index (χ2n) is 4.16. The highest BCUT2D eigenvalue weighted by molar-refractivity contribution is 5.11. The number of hydrogen-bond acceptors (Lipinski definition) is 2. The van der Waals surface area contributed by atoms with E-state index in [1.807, 2.05) is 7.05 Å². The SMILES string of the molecule is CCN(CC)CCn1cccc1C(C)NC. The third-order valence-electron chi connectivity index (χ3n) is 3.29. The average molecular weight is 223 g/mol. The summed E-state index contributed by atoms with van der Waals surface area (Å²) < 4.78 is 2.35. The molecule has 1 aromatic heterocycles. The maximum atomic E-state index is 3.29. The van der Waals surface area contributed by atoms with Gasteiger partial charge in [-0.3, -0.25) is 0 Å². The molecular formula is C13H25N3. The summed E-state index contributed by atoms with van der Waals surface area (Å²) in [5.74, 6) is 0. The average Bonchev–Trinajstić information content (AvgIpc) is 2.77. The Kier molecular flexibility index (Phi) is 5.56. The van der Waals surface area contributed by atoms with Gasteiger partial charge >= 0.3 is 0 Å². The van der Waals surface area contributed by atoms with Crippen LogP contribution in [0, 0.1) is 0 Å². The molecule has 1 heterocycles. The molecular weight excluding hydrogens is 198 g/mol. The lowest BCUT2D eigenvalue weighted by molar-refractivity contribution is 0.288. The van der Waals surface area contributed by atoms with E-state index in [9.17, 15) is 0 Å². The van der Waals surface area contributed by atoms with Gasteiger partial charge in [0.15, 0.2) is 0 Å². The lowest BCUT2D eigenvalue weighted by Crippen LogP contribution is -2.28. The van der Waals surface area contributed by atoms with E-state index in [0.717, 1.165) is 26.2 Å². The molecule has 0 saturated carbocycles. The Morgan fingerprint density at radius 2 is 2.06 bits per heavy atom. The molecule has 3 heteroatoms. The van der Waals surface area contributed by atoms with Gasteiger partial charge in [0.2, 0.25) is 0 Å². The molecule has 1 unspecified atom stereocenters. The predicted molar refractivity (Wildman–Crippen MR) is 69.7 cm³/mol. The summed E-state index contributed by atoms with van der Waals surface area (Å²) in [6, 6.07) is 4.75.